The van der Waals surface area contributed by atoms with Crippen molar-refractivity contribution in [2.75, 3.05) is 40.6 Å². The lowest BCUT2D eigenvalue weighted by atomic mass is 9.93. The largest absolute Gasteiger partial charge is 0.497 e. The molecule has 0 aromatic heterocycles. The molecule has 1 fully saturated rings. The van der Waals surface area contributed by atoms with E-state index in [4.69, 9.17) is 18.9 Å². The number of likely N-dealkylation sites (tertiary alicyclic amines) is 1. The predicted molar refractivity (Wildman–Crippen MR) is 151 cm³/mol. The van der Waals surface area contributed by atoms with Crippen molar-refractivity contribution in [3.63, 3.8) is 0 Å². The molecule has 7 nitrogen and oxygen atoms in total. The second-order valence-electron chi connectivity index (χ2n) is 10.3. The van der Waals surface area contributed by atoms with E-state index in [1.165, 1.54) is 11.1 Å². The van der Waals surface area contributed by atoms with E-state index >= 15 is 0 Å². The Hall–Kier alpha value is -3.71. The number of ether oxygens (including phenoxy) is 4. The molecule has 5 rings (SSSR count). The lowest BCUT2D eigenvalue weighted by Gasteiger charge is -2.29. The molecule has 1 saturated heterocycles. The molecule has 0 unspecified atom stereocenters. The number of amides is 1. The molecule has 0 radical (unpaired) electrons. The van der Waals surface area contributed by atoms with Crippen LogP contribution < -0.4 is 18.9 Å². The fourth-order valence-electron chi connectivity index (χ4n) is 5.57. The van der Waals surface area contributed by atoms with Crippen LogP contribution in [-0.4, -0.2) is 56.4 Å². The number of fused-ring (bicyclic) bond motifs is 1. The number of rotatable bonds is 11. The number of unbranched alkanes of at least 4 members (excludes halogenated alkanes) is 1. The highest BCUT2D eigenvalue weighted by Gasteiger charge is 2.36. The molecule has 0 bridgehead atoms. The van der Waals surface area contributed by atoms with Gasteiger partial charge in [0.2, 0.25) is 12.7 Å². The van der Waals surface area contributed by atoms with E-state index in [-0.39, 0.29) is 24.7 Å². The fraction of sp³-hybridized carbons (Fsp3) is 0.406. The quantitative estimate of drug-likeness (QED) is 0.313. The second-order valence-corrected chi connectivity index (χ2v) is 10.3. The summed E-state index contributed by atoms with van der Waals surface area (Å²) in [6, 6.07) is 22.6. The number of nitrogens with zero attached hydrogens (tertiary/aromatic N) is 2. The summed E-state index contributed by atoms with van der Waals surface area (Å²) < 4.78 is 22.0. The molecule has 2 aliphatic rings. The third-order valence-corrected chi connectivity index (χ3v) is 7.75. The zero-order valence-corrected chi connectivity index (χ0v) is 23.1. The Morgan fingerprint density at radius 1 is 0.949 bits per heavy atom. The van der Waals surface area contributed by atoms with Crippen molar-refractivity contribution in [1.29, 1.82) is 0 Å². The Labute approximate surface area is 231 Å². The van der Waals surface area contributed by atoms with E-state index in [0.29, 0.717) is 13.1 Å². The summed E-state index contributed by atoms with van der Waals surface area (Å²) in [4.78, 5) is 18.2. The smallest absolute Gasteiger partial charge is 0.237 e. The Bertz CT molecular complexity index is 1260. The van der Waals surface area contributed by atoms with Crippen molar-refractivity contribution in [2.45, 2.75) is 44.7 Å². The first-order valence-corrected chi connectivity index (χ1v) is 13.8. The number of benzene rings is 3. The van der Waals surface area contributed by atoms with Crippen LogP contribution in [0.25, 0.3) is 0 Å². The van der Waals surface area contributed by atoms with Crippen molar-refractivity contribution in [3.05, 3.63) is 83.4 Å². The molecule has 2 aliphatic heterocycles. The first-order chi connectivity index (χ1) is 19.1. The van der Waals surface area contributed by atoms with Gasteiger partial charge in [0.15, 0.2) is 11.5 Å². The highest BCUT2D eigenvalue weighted by atomic mass is 16.7. The van der Waals surface area contributed by atoms with E-state index < -0.39 is 0 Å². The van der Waals surface area contributed by atoms with Gasteiger partial charge in [0.05, 0.1) is 20.8 Å². The minimum Gasteiger partial charge on any atom is -0.497 e. The van der Waals surface area contributed by atoms with E-state index in [2.05, 4.69) is 42.2 Å². The Morgan fingerprint density at radius 2 is 1.72 bits per heavy atom. The van der Waals surface area contributed by atoms with Crippen LogP contribution in [0.2, 0.25) is 0 Å². The van der Waals surface area contributed by atoms with Gasteiger partial charge in [0.25, 0.3) is 0 Å². The van der Waals surface area contributed by atoms with Crippen molar-refractivity contribution in [2.24, 2.45) is 0 Å². The van der Waals surface area contributed by atoms with E-state index in [1.54, 1.807) is 14.2 Å². The number of carbonyl (C=O) groups excluding carboxylic acids is 1. The van der Waals surface area contributed by atoms with Gasteiger partial charge in [-0.3, -0.25) is 9.69 Å². The van der Waals surface area contributed by atoms with Crippen molar-refractivity contribution in [3.8, 4) is 23.0 Å². The summed E-state index contributed by atoms with van der Waals surface area (Å²) in [5.74, 6) is 3.65. The SMILES string of the molecule is CCCCN(Cc1cccc(OC)c1)C(=O)CN1C[C@@H](c2ccc3c(c2)OCO3)C[C@@H]1c1ccc(OC)cc1. The van der Waals surface area contributed by atoms with Crippen LogP contribution in [0.1, 0.15) is 54.8 Å². The van der Waals surface area contributed by atoms with E-state index in [9.17, 15) is 4.79 Å². The van der Waals surface area contributed by atoms with Gasteiger partial charge < -0.3 is 23.8 Å². The Kier molecular flexibility index (Phi) is 8.57. The topological polar surface area (TPSA) is 60.5 Å². The zero-order chi connectivity index (χ0) is 27.2. The summed E-state index contributed by atoms with van der Waals surface area (Å²) in [5.41, 5.74) is 3.48. The number of methoxy groups -OCH3 is 2. The predicted octanol–water partition coefficient (Wildman–Crippen LogP) is 5.79. The van der Waals surface area contributed by atoms with Gasteiger partial charge in [-0.1, -0.05) is 43.7 Å². The summed E-state index contributed by atoms with van der Waals surface area (Å²) in [6.07, 6.45) is 2.92. The van der Waals surface area contributed by atoms with Crippen LogP contribution in [-0.2, 0) is 11.3 Å². The zero-order valence-electron chi connectivity index (χ0n) is 23.1. The molecule has 2 atom stereocenters. The van der Waals surface area contributed by atoms with Crippen molar-refractivity contribution in [1.82, 2.24) is 9.80 Å². The average molecular weight is 531 g/mol. The van der Waals surface area contributed by atoms with Crippen LogP contribution >= 0.6 is 0 Å². The second kappa shape index (κ2) is 12.4. The van der Waals surface area contributed by atoms with Crippen LogP contribution in [0.4, 0.5) is 0 Å². The molecule has 2 heterocycles. The van der Waals surface area contributed by atoms with Gasteiger partial charge in [-0.2, -0.15) is 0 Å². The summed E-state index contributed by atoms with van der Waals surface area (Å²) in [5, 5.41) is 0. The molecule has 1 amide bonds. The molecule has 3 aromatic carbocycles. The highest BCUT2D eigenvalue weighted by molar-refractivity contribution is 5.78. The van der Waals surface area contributed by atoms with Gasteiger partial charge >= 0.3 is 0 Å². The molecule has 0 saturated carbocycles. The minimum atomic E-state index is 0.125. The molecule has 0 aliphatic carbocycles. The summed E-state index contributed by atoms with van der Waals surface area (Å²) in [6.45, 7) is 4.89. The standard InChI is InChI=1S/C32H38N2O5/c1-4-5-15-33(19-23-7-6-8-28(16-23)37-3)32(35)21-34-20-26(25-11-14-30-31(18-25)39-22-38-30)17-29(34)24-9-12-27(36-2)13-10-24/h6-14,16,18,26,29H,4-5,15,17,19-22H2,1-3H3/t26-,29+/m0/s1. The normalized spacial score (nSPS) is 18.2. The molecule has 0 spiro atoms. The molecule has 7 heteroatoms. The van der Waals surface area contributed by atoms with Crippen LogP contribution in [0.15, 0.2) is 66.7 Å². The lowest BCUT2D eigenvalue weighted by Crippen LogP contribution is -2.40. The molecule has 0 N–H and O–H groups in total. The van der Waals surface area contributed by atoms with Crippen molar-refractivity contribution >= 4 is 5.91 Å². The van der Waals surface area contributed by atoms with Gasteiger partial charge in [0, 0.05) is 25.7 Å². The number of hydrogen-bond donors (Lipinski definition) is 0. The third kappa shape index (κ3) is 6.31. The highest BCUT2D eigenvalue weighted by Crippen LogP contribution is 2.43. The molecule has 206 valence electrons. The number of hydrogen-bond acceptors (Lipinski definition) is 6. The monoisotopic (exact) mass is 530 g/mol. The average Bonchev–Trinajstić information content (AvgIpc) is 3.62. The van der Waals surface area contributed by atoms with Gasteiger partial charge in [0.1, 0.15) is 11.5 Å². The molecule has 39 heavy (non-hydrogen) atoms. The van der Waals surface area contributed by atoms with Crippen LogP contribution in [0.5, 0.6) is 23.0 Å². The summed E-state index contributed by atoms with van der Waals surface area (Å²) in [7, 11) is 3.35. The van der Waals surface area contributed by atoms with E-state index in [0.717, 1.165) is 60.9 Å². The Morgan fingerprint density at radius 3 is 2.49 bits per heavy atom. The van der Waals surface area contributed by atoms with Gasteiger partial charge in [-0.05, 0) is 71.8 Å². The van der Waals surface area contributed by atoms with Crippen LogP contribution in [0.3, 0.4) is 0 Å². The molecule has 3 aromatic rings. The van der Waals surface area contributed by atoms with Crippen LogP contribution in [0, 0.1) is 0 Å². The van der Waals surface area contributed by atoms with E-state index in [1.807, 2.05) is 41.3 Å². The fourth-order valence-corrected chi connectivity index (χ4v) is 5.57. The first kappa shape index (κ1) is 26.9. The maximum Gasteiger partial charge on any atom is 0.237 e. The maximum absolute atomic E-state index is 13.8. The number of carbonyl (C=O) groups is 1. The summed E-state index contributed by atoms with van der Waals surface area (Å²) >= 11 is 0. The minimum absolute atomic E-state index is 0.125. The Balaban J connectivity index is 1.37. The van der Waals surface area contributed by atoms with Crippen molar-refractivity contribution < 1.29 is 23.7 Å². The first-order valence-electron chi connectivity index (χ1n) is 13.8. The third-order valence-electron chi connectivity index (χ3n) is 7.75. The maximum atomic E-state index is 13.8. The molecular weight excluding hydrogens is 492 g/mol. The molecular formula is C32H38N2O5. The van der Waals surface area contributed by atoms with Gasteiger partial charge in [-0.15, -0.1) is 0 Å². The van der Waals surface area contributed by atoms with Gasteiger partial charge in [-0.25, -0.2) is 0 Å². The lowest BCUT2D eigenvalue weighted by molar-refractivity contribution is -0.133.